The monoisotopic (exact) mass is 441 g/mol. The van der Waals surface area contributed by atoms with E-state index in [4.69, 9.17) is 0 Å². The Morgan fingerprint density at radius 1 is 1.15 bits per heavy atom. The van der Waals surface area contributed by atoms with E-state index in [2.05, 4.69) is 31.4 Å². The highest BCUT2D eigenvalue weighted by Crippen LogP contribution is 2.24. The summed E-state index contributed by atoms with van der Waals surface area (Å²) in [5.74, 6) is -0.301. The number of Topliss-reactive ketones (excluding diaryl/α,β-unsaturated/α-hetero) is 1. The molecule has 0 bridgehead atoms. The fourth-order valence-corrected chi connectivity index (χ4v) is 3.54. The average molecular weight is 442 g/mol. The van der Waals surface area contributed by atoms with Crippen LogP contribution in [0.4, 0.5) is 0 Å². The zero-order valence-corrected chi connectivity index (χ0v) is 16.6. The van der Waals surface area contributed by atoms with E-state index in [0.717, 1.165) is 10.0 Å². The number of nitrogens with one attached hydrogen (secondary N) is 1. The molecule has 1 N–H and O–H groups in total. The molecule has 0 aliphatic carbocycles. The fourth-order valence-electron chi connectivity index (χ4n) is 2.35. The predicted octanol–water partition coefficient (Wildman–Crippen LogP) is 4.31. The molecule has 7 heteroatoms. The molecule has 2 aromatic carbocycles. The minimum absolute atomic E-state index is 0.0781. The van der Waals surface area contributed by atoms with Gasteiger partial charge in [0.05, 0.1) is 5.25 Å². The van der Waals surface area contributed by atoms with Crippen LogP contribution in [-0.4, -0.2) is 28.3 Å². The smallest absolute Gasteiger partial charge is 0.240 e. The summed E-state index contributed by atoms with van der Waals surface area (Å²) >= 11 is 4.56. The van der Waals surface area contributed by atoms with Gasteiger partial charge in [-0.15, -0.1) is 5.10 Å². The largest absolute Gasteiger partial charge is 0.303 e. The van der Waals surface area contributed by atoms with Crippen LogP contribution in [0, 0.1) is 0 Å². The van der Waals surface area contributed by atoms with Gasteiger partial charge in [-0.25, -0.2) is 0 Å². The molecule has 5 nitrogen and oxygen atoms in total. The Hall–Kier alpha value is -2.51. The second-order valence-corrected chi connectivity index (χ2v) is 7.78. The molecule has 1 saturated heterocycles. The summed E-state index contributed by atoms with van der Waals surface area (Å²) in [5.41, 5.74) is 1.65. The van der Waals surface area contributed by atoms with E-state index in [1.807, 2.05) is 36.4 Å². The number of halogens is 1. The van der Waals surface area contributed by atoms with Crippen LogP contribution in [0.1, 0.15) is 22.3 Å². The first-order valence-electron chi connectivity index (χ1n) is 8.21. The highest BCUT2D eigenvalue weighted by molar-refractivity contribution is 9.10. The van der Waals surface area contributed by atoms with Crippen LogP contribution in [0.5, 0.6) is 0 Å². The summed E-state index contributed by atoms with van der Waals surface area (Å²) in [5, 5.41) is 10.5. The molecule has 0 saturated carbocycles. The first-order chi connectivity index (χ1) is 13.1. The molecule has 27 heavy (non-hydrogen) atoms. The van der Waals surface area contributed by atoms with E-state index in [1.165, 1.54) is 11.8 Å². The summed E-state index contributed by atoms with van der Waals surface area (Å²) < 4.78 is 0.903. The van der Waals surface area contributed by atoms with Crippen molar-refractivity contribution in [3.05, 3.63) is 76.3 Å². The molecule has 1 heterocycles. The Morgan fingerprint density at radius 3 is 2.63 bits per heavy atom. The van der Waals surface area contributed by atoms with Crippen LogP contribution in [0.25, 0.3) is 6.08 Å². The molecule has 2 aromatic rings. The van der Waals surface area contributed by atoms with Crippen molar-refractivity contribution in [2.75, 3.05) is 0 Å². The molecular weight excluding hydrogens is 426 g/mol. The summed E-state index contributed by atoms with van der Waals surface area (Å²) in [7, 11) is 0. The molecule has 136 valence electrons. The van der Waals surface area contributed by atoms with E-state index in [0.29, 0.717) is 10.7 Å². The van der Waals surface area contributed by atoms with Crippen molar-refractivity contribution >= 4 is 56.8 Å². The second kappa shape index (κ2) is 9.43. The number of thioether (sulfide) groups is 1. The molecular formula is C20H16BrN3O2S. The number of carbonyl (C=O) groups excluding carboxylic acids is 2. The Labute approximate surface area is 169 Å². The fraction of sp³-hybridized carbons (Fsp3) is 0.100. The number of ketones is 1. The Balaban J connectivity index is 1.54. The van der Waals surface area contributed by atoms with Crippen molar-refractivity contribution in [3.8, 4) is 0 Å². The molecule has 0 aromatic heterocycles. The molecule has 0 radical (unpaired) electrons. The third-order valence-electron chi connectivity index (χ3n) is 3.70. The average Bonchev–Trinajstić information content (AvgIpc) is 3.02. The summed E-state index contributed by atoms with van der Waals surface area (Å²) in [6.07, 6.45) is 5.35. The lowest BCUT2D eigenvalue weighted by molar-refractivity contribution is -0.118. The number of carbonyl (C=O) groups is 2. The van der Waals surface area contributed by atoms with Gasteiger partial charge in [0.1, 0.15) is 0 Å². The second-order valence-electron chi connectivity index (χ2n) is 5.67. The number of amidine groups is 1. The summed E-state index contributed by atoms with van der Waals surface area (Å²) in [6.45, 7) is 0. The minimum Gasteiger partial charge on any atom is -0.303 e. The predicted molar refractivity (Wildman–Crippen MR) is 114 cm³/mol. The highest BCUT2D eigenvalue weighted by Gasteiger charge is 2.32. The van der Waals surface area contributed by atoms with Crippen LogP contribution in [0.15, 0.2) is 75.3 Å². The first kappa shape index (κ1) is 19.3. The first-order valence-corrected chi connectivity index (χ1v) is 9.88. The van der Waals surface area contributed by atoms with Gasteiger partial charge in [0, 0.05) is 22.7 Å². The van der Waals surface area contributed by atoms with Crippen LogP contribution < -0.4 is 5.32 Å². The topological polar surface area (TPSA) is 70.9 Å². The Bertz CT molecular complexity index is 909. The maximum atomic E-state index is 12.3. The van der Waals surface area contributed by atoms with Gasteiger partial charge in [0.15, 0.2) is 11.0 Å². The number of benzene rings is 2. The van der Waals surface area contributed by atoms with E-state index >= 15 is 0 Å². The van der Waals surface area contributed by atoms with Crippen molar-refractivity contribution in [2.24, 2.45) is 10.2 Å². The lowest BCUT2D eigenvalue weighted by atomic mass is 10.1. The number of amides is 1. The Kier molecular flexibility index (Phi) is 6.73. The number of rotatable bonds is 6. The maximum Gasteiger partial charge on any atom is 0.240 e. The normalized spacial score (nSPS) is 18.5. The summed E-state index contributed by atoms with van der Waals surface area (Å²) in [6, 6.07) is 16.9. The van der Waals surface area contributed by atoms with Gasteiger partial charge in [0.2, 0.25) is 5.91 Å². The van der Waals surface area contributed by atoms with Crippen LogP contribution in [-0.2, 0) is 4.79 Å². The van der Waals surface area contributed by atoms with Gasteiger partial charge in [-0.1, -0.05) is 76.2 Å². The van der Waals surface area contributed by atoms with Gasteiger partial charge in [-0.05, 0) is 23.8 Å². The zero-order chi connectivity index (χ0) is 19.1. The van der Waals surface area contributed by atoms with Crippen LogP contribution in [0.2, 0.25) is 0 Å². The van der Waals surface area contributed by atoms with Gasteiger partial charge in [0.25, 0.3) is 0 Å². The van der Waals surface area contributed by atoms with Crippen molar-refractivity contribution in [3.63, 3.8) is 0 Å². The third kappa shape index (κ3) is 5.74. The SMILES string of the molecule is O=C(CC1SC(=NN=CC=Cc2ccccc2)NC1=O)c1ccc(Br)cc1. The van der Waals surface area contributed by atoms with E-state index in [1.54, 1.807) is 36.6 Å². The molecule has 1 fully saturated rings. The maximum absolute atomic E-state index is 12.3. The quantitative estimate of drug-likeness (QED) is 0.412. The number of hydrogen-bond donors (Lipinski definition) is 1. The zero-order valence-electron chi connectivity index (χ0n) is 14.2. The molecule has 1 aliphatic heterocycles. The van der Waals surface area contributed by atoms with Gasteiger partial charge in [-0.2, -0.15) is 5.10 Å². The Morgan fingerprint density at radius 2 is 1.89 bits per heavy atom. The summed E-state index contributed by atoms with van der Waals surface area (Å²) in [4.78, 5) is 24.4. The number of allylic oxidation sites excluding steroid dienone is 1. The van der Waals surface area contributed by atoms with E-state index in [-0.39, 0.29) is 18.1 Å². The lowest BCUT2D eigenvalue weighted by Crippen LogP contribution is -2.26. The molecule has 1 amide bonds. The van der Waals surface area contributed by atoms with Crippen molar-refractivity contribution < 1.29 is 9.59 Å². The minimum atomic E-state index is -0.491. The van der Waals surface area contributed by atoms with Crippen LogP contribution in [0.3, 0.4) is 0 Å². The van der Waals surface area contributed by atoms with Gasteiger partial charge < -0.3 is 5.32 Å². The lowest BCUT2D eigenvalue weighted by Gasteiger charge is -2.04. The van der Waals surface area contributed by atoms with Crippen molar-refractivity contribution in [1.29, 1.82) is 0 Å². The van der Waals surface area contributed by atoms with Crippen molar-refractivity contribution in [1.82, 2.24) is 5.32 Å². The molecule has 1 aliphatic rings. The highest BCUT2D eigenvalue weighted by atomic mass is 79.9. The van der Waals surface area contributed by atoms with Crippen LogP contribution >= 0.6 is 27.7 Å². The molecule has 0 spiro atoms. The van der Waals surface area contributed by atoms with E-state index in [9.17, 15) is 9.59 Å². The van der Waals surface area contributed by atoms with Gasteiger partial charge in [-0.3, -0.25) is 9.59 Å². The van der Waals surface area contributed by atoms with E-state index < -0.39 is 5.25 Å². The molecule has 1 atom stereocenters. The third-order valence-corrected chi connectivity index (χ3v) is 5.30. The van der Waals surface area contributed by atoms with Gasteiger partial charge >= 0.3 is 0 Å². The molecule has 3 rings (SSSR count). The van der Waals surface area contributed by atoms with Crippen molar-refractivity contribution in [2.45, 2.75) is 11.7 Å². The standard InChI is InChI=1S/C20H16BrN3O2S/c21-16-10-8-15(9-11-16)17(25)13-18-19(26)23-20(27-18)24-22-12-4-7-14-5-2-1-3-6-14/h1-12,18H,13H2,(H,23,24,26). The molecule has 1 unspecified atom stereocenters. The number of nitrogens with zero attached hydrogens (tertiary/aromatic N) is 2. The number of hydrogen-bond acceptors (Lipinski definition) is 5.